The Bertz CT molecular complexity index is 1120. The Hall–Kier alpha value is -3.13. The number of nitrogens with one attached hydrogen (secondary N) is 2. The molecule has 2 N–H and O–H groups in total. The number of hydrogen-bond donors (Lipinski definition) is 2. The molecule has 2 aromatic heterocycles. The van der Waals surface area contributed by atoms with Gasteiger partial charge in [0.1, 0.15) is 11.2 Å². The maximum absolute atomic E-state index is 13.2. The lowest BCUT2D eigenvalue weighted by Crippen LogP contribution is -2.64. The first-order valence-electron chi connectivity index (χ1n) is 10.4. The molecule has 3 heterocycles. The van der Waals surface area contributed by atoms with Crippen molar-refractivity contribution < 1.29 is 14.4 Å². The highest BCUT2D eigenvalue weighted by molar-refractivity contribution is 7.09. The number of nitrogens with zero attached hydrogens (tertiary/aromatic N) is 2. The number of likely N-dealkylation sites (N-methyl/N-ethyl adjacent to an activating group) is 1. The van der Waals surface area contributed by atoms with Crippen LogP contribution in [0.25, 0.3) is 10.9 Å². The molecule has 0 aliphatic carbocycles. The molecule has 3 aromatic rings. The van der Waals surface area contributed by atoms with E-state index < -0.39 is 5.54 Å². The predicted molar refractivity (Wildman–Crippen MR) is 121 cm³/mol. The summed E-state index contributed by atoms with van der Waals surface area (Å²) in [5, 5.41) is 8.54. The predicted octanol–water partition coefficient (Wildman–Crippen LogP) is 2.41. The second kappa shape index (κ2) is 8.55. The van der Waals surface area contributed by atoms with Crippen LogP contribution >= 0.6 is 11.3 Å². The van der Waals surface area contributed by atoms with E-state index in [4.69, 9.17) is 0 Å². The van der Waals surface area contributed by atoms with Crippen molar-refractivity contribution in [2.45, 2.75) is 32.4 Å². The Morgan fingerprint density at radius 1 is 1.16 bits per heavy atom. The number of carbonyl (C=O) groups is 3. The van der Waals surface area contributed by atoms with Crippen LogP contribution in [0.1, 0.15) is 29.2 Å². The minimum atomic E-state index is -1.09. The molecule has 7 nitrogen and oxygen atoms in total. The maximum atomic E-state index is 13.2. The third kappa shape index (κ3) is 3.95. The molecule has 1 atom stereocenters. The van der Waals surface area contributed by atoms with Crippen molar-refractivity contribution in [2.75, 3.05) is 19.6 Å². The normalized spacial score (nSPS) is 18.1. The monoisotopic (exact) mass is 438 g/mol. The van der Waals surface area contributed by atoms with Crippen molar-refractivity contribution in [3.63, 3.8) is 0 Å². The molecular weight excluding hydrogens is 412 g/mol. The molecule has 31 heavy (non-hydrogen) atoms. The van der Waals surface area contributed by atoms with Crippen LogP contribution in [-0.4, -0.2) is 52.4 Å². The lowest BCUT2D eigenvalue weighted by Gasteiger charge is -2.43. The molecule has 0 saturated heterocycles. The van der Waals surface area contributed by atoms with E-state index in [1.54, 1.807) is 23.2 Å². The van der Waals surface area contributed by atoms with Crippen LogP contribution in [0.5, 0.6) is 0 Å². The fourth-order valence-electron chi connectivity index (χ4n) is 4.19. The second-order valence-electron chi connectivity index (χ2n) is 7.86. The van der Waals surface area contributed by atoms with Gasteiger partial charge in [-0.2, -0.15) is 0 Å². The molecule has 0 unspecified atom stereocenters. The van der Waals surface area contributed by atoms with Crippen LogP contribution in [0.15, 0.2) is 47.8 Å². The van der Waals surface area contributed by atoms with Crippen molar-refractivity contribution in [1.82, 2.24) is 20.1 Å². The molecule has 1 aromatic carbocycles. The first-order chi connectivity index (χ1) is 14.9. The molecule has 1 aliphatic heterocycles. The van der Waals surface area contributed by atoms with Gasteiger partial charge in [-0.25, -0.2) is 0 Å². The van der Waals surface area contributed by atoms with Crippen molar-refractivity contribution in [3.8, 4) is 0 Å². The van der Waals surface area contributed by atoms with Crippen molar-refractivity contribution in [1.29, 1.82) is 0 Å². The van der Waals surface area contributed by atoms with E-state index in [9.17, 15) is 14.4 Å². The van der Waals surface area contributed by atoms with Gasteiger partial charge in [-0.05, 0) is 43.8 Å². The van der Waals surface area contributed by atoms with Gasteiger partial charge in [0.25, 0.3) is 5.91 Å². The van der Waals surface area contributed by atoms with E-state index in [1.807, 2.05) is 59.3 Å². The number of hydrogen-bond acceptors (Lipinski definition) is 4. The number of amides is 3. The zero-order valence-electron chi connectivity index (χ0n) is 17.7. The van der Waals surface area contributed by atoms with Gasteiger partial charge < -0.3 is 20.1 Å². The van der Waals surface area contributed by atoms with E-state index in [0.717, 1.165) is 17.3 Å². The molecule has 0 saturated carbocycles. The first kappa shape index (κ1) is 21.1. The lowest BCUT2D eigenvalue weighted by atomic mass is 9.95. The highest BCUT2D eigenvalue weighted by Gasteiger charge is 2.46. The third-order valence-electron chi connectivity index (χ3n) is 5.83. The first-order valence-corrected chi connectivity index (χ1v) is 11.3. The largest absolute Gasteiger partial charge is 0.354 e. The molecule has 4 rings (SSSR count). The summed E-state index contributed by atoms with van der Waals surface area (Å²) in [6.07, 6.45) is 0.761. The fourth-order valence-corrected chi connectivity index (χ4v) is 4.90. The molecule has 8 heteroatoms. The summed E-state index contributed by atoms with van der Waals surface area (Å²) in [6.45, 7) is 4.75. The van der Waals surface area contributed by atoms with E-state index >= 15 is 0 Å². The number of para-hydroxylation sites is 1. The molecule has 0 spiro atoms. The Morgan fingerprint density at radius 2 is 1.97 bits per heavy atom. The fraction of sp³-hybridized carbons (Fsp3) is 0.348. The van der Waals surface area contributed by atoms with Gasteiger partial charge in [-0.15, -0.1) is 11.3 Å². The Morgan fingerprint density at radius 3 is 2.71 bits per heavy atom. The van der Waals surface area contributed by atoms with Gasteiger partial charge in [0.15, 0.2) is 0 Å². The van der Waals surface area contributed by atoms with Gasteiger partial charge in [-0.3, -0.25) is 14.4 Å². The summed E-state index contributed by atoms with van der Waals surface area (Å²) >= 11 is 1.65. The molecule has 0 bridgehead atoms. The SMILES string of the molecule is CCN1C(=O)c2cc3ccccc3n2C[C@]1(C)C(=O)NCC(=O)NCCc1cccs1. The van der Waals surface area contributed by atoms with Crippen molar-refractivity contribution in [2.24, 2.45) is 0 Å². The summed E-state index contributed by atoms with van der Waals surface area (Å²) in [4.78, 5) is 41.3. The molecule has 0 radical (unpaired) electrons. The van der Waals surface area contributed by atoms with E-state index in [2.05, 4.69) is 10.6 Å². The minimum absolute atomic E-state index is 0.121. The summed E-state index contributed by atoms with van der Waals surface area (Å²) in [7, 11) is 0. The molecule has 3 amide bonds. The van der Waals surface area contributed by atoms with Crippen LogP contribution in [0.3, 0.4) is 0 Å². The van der Waals surface area contributed by atoms with Crippen LogP contribution < -0.4 is 10.6 Å². The average molecular weight is 439 g/mol. The average Bonchev–Trinajstić information content (AvgIpc) is 3.40. The Kier molecular flexibility index (Phi) is 5.82. The number of thiophene rings is 1. The highest BCUT2D eigenvalue weighted by atomic mass is 32.1. The minimum Gasteiger partial charge on any atom is -0.354 e. The van der Waals surface area contributed by atoms with Gasteiger partial charge in [0.05, 0.1) is 13.1 Å². The highest BCUT2D eigenvalue weighted by Crippen LogP contribution is 2.32. The standard InChI is InChI=1S/C23H26N4O3S/c1-3-27-21(29)19-13-16-7-4-5-9-18(16)26(19)15-23(27,2)22(30)25-14-20(28)24-11-10-17-8-6-12-31-17/h4-9,12-13H,3,10-11,14-15H2,1-2H3,(H,24,28)(H,25,30)/t23-/m1/s1. The summed E-state index contributed by atoms with van der Waals surface area (Å²) in [5.74, 6) is -0.756. The zero-order chi connectivity index (χ0) is 22.0. The zero-order valence-corrected chi connectivity index (χ0v) is 18.5. The number of rotatable bonds is 7. The van der Waals surface area contributed by atoms with Crippen LogP contribution in [0.4, 0.5) is 0 Å². The van der Waals surface area contributed by atoms with Gasteiger partial charge in [-0.1, -0.05) is 24.3 Å². The van der Waals surface area contributed by atoms with Gasteiger partial charge >= 0.3 is 0 Å². The Balaban J connectivity index is 1.44. The lowest BCUT2D eigenvalue weighted by molar-refractivity contribution is -0.134. The van der Waals surface area contributed by atoms with Crippen LogP contribution in [0.2, 0.25) is 0 Å². The Labute approximate surface area is 185 Å². The van der Waals surface area contributed by atoms with Crippen LogP contribution in [0, 0.1) is 0 Å². The van der Waals surface area contributed by atoms with Gasteiger partial charge in [0, 0.05) is 28.9 Å². The van der Waals surface area contributed by atoms with E-state index in [1.165, 1.54) is 4.88 Å². The van der Waals surface area contributed by atoms with E-state index in [-0.39, 0.29) is 24.3 Å². The van der Waals surface area contributed by atoms with Crippen molar-refractivity contribution >= 4 is 40.0 Å². The maximum Gasteiger partial charge on any atom is 0.271 e. The number of benzene rings is 1. The number of aromatic nitrogens is 1. The van der Waals surface area contributed by atoms with Crippen LogP contribution in [-0.2, 0) is 22.6 Å². The smallest absolute Gasteiger partial charge is 0.271 e. The molecule has 0 fully saturated rings. The molecule has 1 aliphatic rings. The quantitative estimate of drug-likeness (QED) is 0.594. The second-order valence-corrected chi connectivity index (χ2v) is 8.89. The van der Waals surface area contributed by atoms with E-state index in [0.29, 0.717) is 25.3 Å². The summed E-state index contributed by atoms with van der Waals surface area (Å²) < 4.78 is 1.91. The number of fused-ring (bicyclic) bond motifs is 3. The topological polar surface area (TPSA) is 83.4 Å². The number of carbonyl (C=O) groups excluding carboxylic acids is 3. The summed E-state index contributed by atoms with van der Waals surface area (Å²) in [5.41, 5.74) is 0.421. The van der Waals surface area contributed by atoms with Gasteiger partial charge in [0.2, 0.25) is 11.8 Å². The summed E-state index contributed by atoms with van der Waals surface area (Å²) in [6, 6.07) is 13.6. The molecular formula is C23H26N4O3S. The molecule has 162 valence electrons. The third-order valence-corrected chi connectivity index (χ3v) is 6.76. The van der Waals surface area contributed by atoms with Crippen molar-refractivity contribution in [3.05, 3.63) is 58.4 Å².